The monoisotopic (exact) mass is 267 g/mol. The lowest BCUT2D eigenvalue weighted by atomic mass is 10.1. The van der Waals surface area contributed by atoms with Gasteiger partial charge in [-0.15, -0.1) is 0 Å². The fourth-order valence-electron chi connectivity index (χ4n) is 1.72. The molecule has 2 aromatic heterocycles. The van der Waals surface area contributed by atoms with Crippen LogP contribution in [-0.4, -0.2) is 15.7 Å². The molecule has 2 aromatic rings. The Balaban J connectivity index is 2.10. The van der Waals surface area contributed by atoms with Crippen molar-refractivity contribution in [2.75, 3.05) is 0 Å². The van der Waals surface area contributed by atoms with E-state index in [4.69, 9.17) is 16.0 Å². The van der Waals surface area contributed by atoms with Crippen LogP contribution in [0.25, 0.3) is 0 Å². The van der Waals surface area contributed by atoms with E-state index in [1.165, 1.54) is 6.07 Å². The molecule has 6 heteroatoms. The smallest absolute Gasteiger partial charge is 0.287 e. The minimum Gasteiger partial charge on any atom is -0.440 e. The molecule has 0 saturated heterocycles. The third-order valence-corrected chi connectivity index (χ3v) is 3.09. The van der Waals surface area contributed by atoms with E-state index in [1.807, 2.05) is 20.9 Å². The van der Waals surface area contributed by atoms with Crippen LogP contribution in [0.2, 0.25) is 5.22 Å². The minimum absolute atomic E-state index is 0.143. The summed E-state index contributed by atoms with van der Waals surface area (Å²) >= 11 is 5.63. The number of aryl methyl sites for hydroxylation is 1. The molecule has 0 fully saturated rings. The maximum atomic E-state index is 11.9. The van der Waals surface area contributed by atoms with Gasteiger partial charge in [0.05, 0.1) is 12.2 Å². The summed E-state index contributed by atoms with van der Waals surface area (Å²) in [5.41, 5.74) is 1.99. The molecule has 0 spiro atoms. The zero-order valence-corrected chi connectivity index (χ0v) is 11.2. The third-order valence-electron chi connectivity index (χ3n) is 2.88. The number of nitrogens with zero attached hydrogens (tertiary/aromatic N) is 2. The molecule has 0 aliphatic rings. The molecule has 1 N–H and O–H groups in total. The average molecular weight is 268 g/mol. The largest absolute Gasteiger partial charge is 0.440 e. The van der Waals surface area contributed by atoms with Gasteiger partial charge in [-0.3, -0.25) is 9.48 Å². The summed E-state index contributed by atoms with van der Waals surface area (Å²) in [5, 5.41) is 7.18. The van der Waals surface area contributed by atoms with Gasteiger partial charge in [-0.25, -0.2) is 0 Å². The maximum Gasteiger partial charge on any atom is 0.287 e. The van der Waals surface area contributed by atoms with Crippen LogP contribution in [0.5, 0.6) is 0 Å². The van der Waals surface area contributed by atoms with Crippen molar-refractivity contribution >= 4 is 17.5 Å². The Morgan fingerprint density at radius 3 is 2.78 bits per heavy atom. The zero-order valence-electron chi connectivity index (χ0n) is 10.4. The van der Waals surface area contributed by atoms with E-state index in [-0.39, 0.29) is 22.9 Å². The van der Waals surface area contributed by atoms with E-state index < -0.39 is 0 Å². The predicted molar refractivity (Wildman–Crippen MR) is 67.5 cm³/mol. The Bertz CT molecular complexity index is 574. The SMILES string of the molecule is Cc1c(C(C)NC(=O)c2ccc(Cl)o2)cnn1C. The van der Waals surface area contributed by atoms with Crippen molar-refractivity contribution in [3.8, 4) is 0 Å². The van der Waals surface area contributed by atoms with Gasteiger partial charge >= 0.3 is 0 Å². The molecule has 5 nitrogen and oxygen atoms in total. The Morgan fingerprint density at radius 1 is 1.56 bits per heavy atom. The van der Waals surface area contributed by atoms with Crippen LogP contribution >= 0.6 is 11.6 Å². The number of halogens is 1. The van der Waals surface area contributed by atoms with E-state index in [2.05, 4.69) is 10.4 Å². The van der Waals surface area contributed by atoms with Gasteiger partial charge in [0.25, 0.3) is 5.91 Å². The van der Waals surface area contributed by atoms with Crippen molar-refractivity contribution < 1.29 is 9.21 Å². The number of amides is 1. The highest BCUT2D eigenvalue weighted by molar-refractivity contribution is 6.29. The van der Waals surface area contributed by atoms with E-state index in [1.54, 1.807) is 16.9 Å². The van der Waals surface area contributed by atoms with Crippen LogP contribution in [0.1, 0.15) is 34.8 Å². The quantitative estimate of drug-likeness (QED) is 0.929. The van der Waals surface area contributed by atoms with Crippen molar-refractivity contribution in [2.45, 2.75) is 19.9 Å². The molecule has 18 heavy (non-hydrogen) atoms. The zero-order chi connectivity index (χ0) is 13.3. The van der Waals surface area contributed by atoms with E-state index in [0.717, 1.165) is 11.3 Å². The second-order valence-electron chi connectivity index (χ2n) is 4.11. The average Bonchev–Trinajstić information content (AvgIpc) is 2.87. The molecule has 1 unspecified atom stereocenters. The highest BCUT2D eigenvalue weighted by Crippen LogP contribution is 2.18. The predicted octanol–water partition coefficient (Wildman–Crippen LogP) is 2.47. The lowest BCUT2D eigenvalue weighted by Gasteiger charge is -2.12. The van der Waals surface area contributed by atoms with Crippen molar-refractivity contribution in [1.29, 1.82) is 0 Å². The summed E-state index contributed by atoms with van der Waals surface area (Å²) in [6.07, 6.45) is 1.75. The number of carbonyl (C=O) groups is 1. The normalized spacial score (nSPS) is 12.4. The van der Waals surface area contributed by atoms with Crippen molar-refractivity contribution in [3.63, 3.8) is 0 Å². The number of aromatic nitrogens is 2. The highest BCUT2D eigenvalue weighted by Gasteiger charge is 2.17. The second kappa shape index (κ2) is 4.86. The standard InChI is InChI=1S/C12H14ClN3O2/c1-7(9-6-14-16(3)8(9)2)15-12(17)10-4-5-11(13)18-10/h4-7H,1-3H3,(H,15,17). The van der Waals surface area contributed by atoms with Crippen LogP contribution in [0.3, 0.4) is 0 Å². The highest BCUT2D eigenvalue weighted by atomic mass is 35.5. The topological polar surface area (TPSA) is 60.1 Å². The lowest BCUT2D eigenvalue weighted by molar-refractivity contribution is 0.0912. The minimum atomic E-state index is -0.294. The van der Waals surface area contributed by atoms with E-state index in [0.29, 0.717) is 0 Å². The molecule has 2 heterocycles. The number of nitrogens with one attached hydrogen (secondary N) is 1. The van der Waals surface area contributed by atoms with Crippen LogP contribution in [0.15, 0.2) is 22.7 Å². The molecule has 0 aliphatic heterocycles. The number of rotatable bonds is 3. The third kappa shape index (κ3) is 2.41. The molecule has 0 radical (unpaired) electrons. The number of furan rings is 1. The first-order chi connectivity index (χ1) is 8.49. The van der Waals surface area contributed by atoms with Gasteiger partial charge < -0.3 is 9.73 Å². The molecule has 96 valence electrons. The van der Waals surface area contributed by atoms with Crippen molar-refractivity contribution in [2.24, 2.45) is 7.05 Å². The summed E-state index contributed by atoms with van der Waals surface area (Å²) in [6.45, 7) is 3.85. The van der Waals surface area contributed by atoms with Crippen LogP contribution < -0.4 is 5.32 Å². The molecule has 0 saturated carbocycles. The lowest BCUT2D eigenvalue weighted by Crippen LogP contribution is -2.26. The Morgan fingerprint density at radius 2 is 2.28 bits per heavy atom. The van der Waals surface area contributed by atoms with Crippen molar-refractivity contribution in [1.82, 2.24) is 15.1 Å². The summed E-state index contributed by atoms with van der Waals surface area (Å²) in [7, 11) is 1.86. The van der Waals surface area contributed by atoms with Crippen LogP contribution in [0, 0.1) is 6.92 Å². The molecule has 0 aromatic carbocycles. The van der Waals surface area contributed by atoms with Crippen molar-refractivity contribution in [3.05, 3.63) is 40.6 Å². The van der Waals surface area contributed by atoms with E-state index >= 15 is 0 Å². The number of hydrogen-bond acceptors (Lipinski definition) is 3. The van der Waals surface area contributed by atoms with Gasteiger partial charge in [-0.05, 0) is 37.6 Å². The molecular weight excluding hydrogens is 254 g/mol. The molecule has 1 amide bonds. The van der Waals surface area contributed by atoms with E-state index in [9.17, 15) is 4.79 Å². The Hall–Kier alpha value is -1.75. The first kappa shape index (κ1) is 12.7. The molecule has 0 aliphatic carbocycles. The Labute approximate surface area is 110 Å². The number of hydrogen-bond donors (Lipinski definition) is 1. The van der Waals surface area contributed by atoms with Gasteiger partial charge in [0.15, 0.2) is 11.0 Å². The second-order valence-corrected chi connectivity index (χ2v) is 4.48. The first-order valence-electron chi connectivity index (χ1n) is 5.53. The van der Waals surface area contributed by atoms with Crippen LogP contribution in [0.4, 0.5) is 0 Å². The fourth-order valence-corrected chi connectivity index (χ4v) is 1.87. The van der Waals surface area contributed by atoms with Gasteiger partial charge in [0.1, 0.15) is 0 Å². The summed E-state index contributed by atoms with van der Waals surface area (Å²) in [5.74, 6) is -0.0916. The molecule has 0 bridgehead atoms. The summed E-state index contributed by atoms with van der Waals surface area (Å²) in [6, 6.07) is 2.94. The fraction of sp³-hybridized carbons (Fsp3) is 0.333. The first-order valence-corrected chi connectivity index (χ1v) is 5.91. The number of carbonyl (C=O) groups excluding carboxylic acids is 1. The Kier molecular flexibility index (Phi) is 3.43. The van der Waals surface area contributed by atoms with Gasteiger partial charge in [0.2, 0.25) is 0 Å². The molecule has 2 rings (SSSR count). The molecular formula is C12H14ClN3O2. The molecule has 1 atom stereocenters. The van der Waals surface area contributed by atoms with Gasteiger partial charge in [-0.1, -0.05) is 0 Å². The maximum absolute atomic E-state index is 11.9. The van der Waals surface area contributed by atoms with Gasteiger partial charge in [-0.2, -0.15) is 5.10 Å². The van der Waals surface area contributed by atoms with Crippen LogP contribution in [-0.2, 0) is 7.05 Å². The summed E-state index contributed by atoms with van der Waals surface area (Å²) < 4.78 is 6.82. The summed E-state index contributed by atoms with van der Waals surface area (Å²) in [4.78, 5) is 11.9. The van der Waals surface area contributed by atoms with Gasteiger partial charge in [0, 0.05) is 18.3 Å².